The highest BCUT2D eigenvalue weighted by Crippen LogP contribution is 2.33. The van der Waals surface area contributed by atoms with Gasteiger partial charge in [-0.1, -0.05) is 24.3 Å². The number of unbranched alkanes of at least 4 members (excludes halogenated alkanes) is 1. The Morgan fingerprint density at radius 1 is 1.40 bits per heavy atom. The molecule has 1 aliphatic rings. The van der Waals surface area contributed by atoms with Crippen LogP contribution in [0, 0.1) is 18.8 Å². The zero-order valence-corrected chi connectivity index (χ0v) is 14.6. The number of carboxylic acid groups (broad SMARTS) is 1. The van der Waals surface area contributed by atoms with E-state index in [-0.39, 0.29) is 24.0 Å². The molecule has 0 bridgehead atoms. The minimum Gasteiger partial charge on any atom is -0.481 e. The van der Waals surface area contributed by atoms with Crippen molar-refractivity contribution < 1.29 is 24.2 Å². The highest BCUT2D eigenvalue weighted by molar-refractivity contribution is 5.83. The summed E-state index contributed by atoms with van der Waals surface area (Å²) in [7, 11) is 0. The SMILES string of the molecule is Cc1ccc(C(O)/C=C/[C@H]2CCC(=O)[C@H]2CC=CCCCC(=O)O)o1. The average Bonchev–Trinajstić information content (AvgIpc) is 3.15. The number of allylic oxidation sites excluding steroid dienone is 3. The molecule has 1 aliphatic carbocycles. The number of rotatable bonds is 9. The summed E-state index contributed by atoms with van der Waals surface area (Å²) in [4.78, 5) is 22.5. The number of carbonyl (C=O) groups is 2. The predicted molar refractivity (Wildman–Crippen MR) is 94.0 cm³/mol. The van der Waals surface area contributed by atoms with Crippen LogP contribution in [0.25, 0.3) is 0 Å². The Morgan fingerprint density at radius 2 is 2.20 bits per heavy atom. The van der Waals surface area contributed by atoms with Crippen LogP contribution in [0.5, 0.6) is 0 Å². The number of furan rings is 1. The van der Waals surface area contributed by atoms with Crippen molar-refractivity contribution in [2.45, 2.75) is 51.6 Å². The Kier molecular flexibility index (Phi) is 7.19. The molecule has 5 heteroatoms. The van der Waals surface area contributed by atoms with Gasteiger partial charge in [0.15, 0.2) is 0 Å². The molecule has 1 saturated carbocycles. The molecule has 0 aromatic carbocycles. The molecule has 2 rings (SSSR count). The molecular weight excluding hydrogens is 320 g/mol. The van der Waals surface area contributed by atoms with Crippen molar-refractivity contribution in [3.63, 3.8) is 0 Å². The van der Waals surface area contributed by atoms with Gasteiger partial charge in [0.05, 0.1) is 0 Å². The van der Waals surface area contributed by atoms with Crippen LogP contribution < -0.4 is 0 Å². The number of carbonyl (C=O) groups excluding carboxylic acids is 1. The van der Waals surface area contributed by atoms with E-state index in [1.807, 2.05) is 31.2 Å². The van der Waals surface area contributed by atoms with Crippen LogP contribution in [0.3, 0.4) is 0 Å². The van der Waals surface area contributed by atoms with Crippen LogP contribution in [0.15, 0.2) is 40.9 Å². The van der Waals surface area contributed by atoms with Gasteiger partial charge in [0, 0.05) is 18.8 Å². The van der Waals surface area contributed by atoms with E-state index in [9.17, 15) is 14.7 Å². The van der Waals surface area contributed by atoms with Crippen LogP contribution in [0.4, 0.5) is 0 Å². The number of ketones is 1. The van der Waals surface area contributed by atoms with E-state index in [0.717, 1.165) is 12.2 Å². The van der Waals surface area contributed by atoms with Crippen LogP contribution in [-0.2, 0) is 9.59 Å². The monoisotopic (exact) mass is 346 g/mol. The van der Waals surface area contributed by atoms with E-state index in [0.29, 0.717) is 31.4 Å². The van der Waals surface area contributed by atoms with Gasteiger partial charge < -0.3 is 14.6 Å². The van der Waals surface area contributed by atoms with E-state index < -0.39 is 12.1 Å². The van der Waals surface area contributed by atoms with Crippen molar-refractivity contribution in [3.05, 3.63) is 48.0 Å². The smallest absolute Gasteiger partial charge is 0.303 e. The number of hydrogen-bond donors (Lipinski definition) is 2. The fourth-order valence-electron chi connectivity index (χ4n) is 3.16. The first kappa shape index (κ1) is 19.2. The molecule has 1 aromatic heterocycles. The summed E-state index contributed by atoms with van der Waals surface area (Å²) < 4.78 is 5.41. The molecule has 25 heavy (non-hydrogen) atoms. The number of aryl methyl sites for hydroxylation is 1. The van der Waals surface area contributed by atoms with Crippen molar-refractivity contribution >= 4 is 11.8 Å². The van der Waals surface area contributed by atoms with Crippen molar-refractivity contribution in [1.29, 1.82) is 0 Å². The van der Waals surface area contributed by atoms with E-state index in [4.69, 9.17) is 9.52 Å². The molecule has 0 spiro atoms. The lowest BCUT2D eigenvalue weighted by Gasteiger charge is -2.13. The summed E-state index contributed by atoms with van der Waals surface area (Å²) in [5, 5.41) is 18.7. The molecule has 5 nitrogen and oxygen atoms in total. The van der Waals surface area contributed by atoms with Gasteiger partial charge in [0.1, 0.15) is 23.4 Å². The Bertz CT molecular complexity index is 640. The topological polar surface area (TPSA) is 87.7 Å². The van der Waals surface area contributed by atoms with Gasteiger partial charge in [0.25, 0.3) is 0 Å². The summed E-state index contributed by atoms with van der Waals surface area (Å²) in [5.74, 6) is 0.805. The first-order valence-electron chi connectivity index (χ1n) is 8.79. The largest absolute Gasteiger partial charge is 0.481 e. The highest BCUT2D eigenvalue weighted by Gasteiger charge is 2.31. The molecule has 1 aromatic rings. The third kappa shape index (κ3) is 6.02. The number of aliphatic hydroxyl groups excluding tert-OH is 1. The zero-order chi connectivity index (χ0) is 18.2. The molecule has 0 aliphatic heterocycles. The fourth-order valence-corrected chi connectivity index (χ4v) is 3.16. The number of aliphatic hydroxyl groups is 1. The minimum atomic E-state index is -0.795. The average molecular weight is 346 g/mol. The molecule has 1 unspecified atom stereocenters. The lowest BCUT2D eigenvalue weighted by molar-refractivity contribution is -0.137. The molecule has 1 heterocycles. The summed E-state index contributed by atoms with van der Waals surface area (Å²) in [6.07, 6.45) is 10.3. The standard InChI is InChI=1S/C20H26O5/c1-14-8-13-19(25-14)18(22)12-10-15-9-11-17(21)16(15)6-4-2-3-5-7-20(23)24/h2,4,8,10,12-13,15-16,18,22H,3,5-7,9,11H2,1H3,(H,23,24)/b4-2?,12-10+/t15-,16+,18?/m1/s1. The second-order valence-corrected chi connectivity index (χ2v) is 6.55. The lowest BCUT2D eigenvalue weighted by atomic mass is 9.91. The highest BCUT2D eigenvalue weighted by atomic mass is 16.4. The summed E-state index contributed by atoms with van der Waals surface area (Å²) in [6.45, 7) is 1.83. The van der Waals surface area contributed by atoms with Gasteiger partial charge in [-0.2, -0.15) is 0 Å². The third-order valence-corrected chi connectivity index (χ3v) is 4.57. The van der Waals surface area contributed by atoms with E-state index in [2.05, 4.69) is 0 Å². The molecule has 1 fully saturated rings. The van der Waals surface area contributed by atoms with Crippen LogP contribution in [0.2, 0.25) is 0 Å². The zero-order valence-electron chi connectivity index (χ0n) is 14.6. The van der Waals surface area contributed by atoms with E-state index >= 15 is 0 Å². The second-order valence-electron chi connectivity index (χ2n) is 6.55. The first-order valence-corrected chi connectivity index (χ1v) is 8.79. The molecule has 136 valence electrons. The van der Waals surface area contributed by atoms with E-state index in [1.165, 1.54) is 0 Å². The van der Waals surface area contributed by atoms with Gasteiger partial charge in [0.2, 0.25) is 0 Å². The number of aliphatic carboxylic acids is 1. The predicted octanol–water partition coefficient (Wildman–Crippen LogP) is 3.97. The minimum absolute atomic E-state index is 0.0579. The Hall–Kier alpha value is -2.14. The normalized spacial score (nSPS) is 22.2. The van der Waals surface area contributed by atoms with Crippen LogP contribution in [0.1, 0.15) is 56.1 Å². The maximum atomic E-state index is 12.1. The Morgan fingerprint density at radius 3 is 2.88 bits per heavy atom. The number of carboxylic acids is 1. The summed E-state index contributed by atoms with van der Waals surface area (Å²) in [5.41, 5.74) is 0. The number of Topliss-reactive ketones (excluding diaryl/α,β-unsaturated/α-hetero) is 1. The van der Waals surface area contributed by atoms with Crippen molar-refractivity contribution in [3.8, 4) is 0 Å². The maximum Gasteiger partial charge on any atom is 0.303 e. The van der Waals surface area contributed by atoms with Gasteiger partial charge in [-0.25, -0.2) is 0 Å². The van der Waals surface area contributed by atoms with Gasteiger partial charge in [-0.15, -0.1) is 0 Å². The summed E-state index contributed by atoms with van der Waals surface area (Å²) in [6, 6.07) is 3.56. The van der Waals surface area contributed by atoms with Crippen LogP contribution in [-0.4, -0.2) is 22.0 Å². The van der Waals surface area contributed by atoms with Gasteiger partial charge >= 0.3 is 5.97 Å². The Labute approximate surface area is 148 Å². The molecule has 0 saturated heterocycles. The summed E-state index contributed by atoms with van der Waals surface area (Å²) >= 11 is 0. The first-order chi connectivity index (χ1) is 12.0. The van der Waals surface area contributed by atoms with Crippen molar-refractivity contribution in [2.75, 3.05) is 0 Å². The van der Waals surface area contributed by atoms with Crippen molar-refractivity contribution in [2.24, 2.45) is 11.8 Å². The molecular formula is C20H26O5. The fraction of sp³-hybridized carbons (Fsp3) is 0.500. The molecule has 0 amide bonds. The second kappa shape index (κ2) is 9.37. The molecule has 0 radical (unpaired) electrons. The molecule has 2 N–H and O–H groups in total. The van der Waals surface area contributed by atoms with Crippen LogP contribution >= 0.6 is 0 Å². The van der Waals surface area contributed by atoms with Gasteiger partial charge in [-0.05, 0) is 50.7 Å². The van der Waals surface area contributed by atoms with E-state index in [1.54, 1.807) is 12.1 Å². The van der Waals surface area contributed by atoms with Crippen molar-refractivity contribution in [1.82, 2.24) is 0 Å². The maximum absolute atomic E-state index is 12.1. The lowest BCUT2D eigenvalue weighted by Crippen LogP contribution is -2.12. The van der Waals surface area contributed by atoms with Gasteiger partial charge in [-0.3, -0.25) is 9.59 Å². The number of hydrogen-bond acceptors (Lipinski definition) is 4. The third-order valence-electron chi connectivity index (χ3n) is 4.57. The quantitative estimate of drug-likeness (QED) is 0.522. The Balaban J connectivity index is 1.84. The molecule has 3 atom stereocenters.